The van der Waals surface area contributed by atoms with E-state index in [1.807, 2.05) is 0 Å². The van der Waals surface area contributed by atoms with E-state index in [1.54, 1.807) is 18.4 Å². The normalized spacial score (nSPS) is 19.3. The van der Waals surface area contributed by atoms with Crippen molar-refractivity contribution in [3.63, 3.8) is 0 Å². The maximum atomic E-state index is 12.5. The summed E-state index contributed by atoms with van der Waals surface area (Å²) in [6.07, 6.45) is -3.48. The second-order valence-electron chi connectivity index (χ2n) is 7.28. The van der Waals surface area contributed by atoms with Gasteiger partial charge in [-0.1, -0.05) is 20.8 Å². The Morgan fingerprint density at radius 3 is 2.62 bits per heavy atom. The van der Waals surface area contributed by atoms with Crippen molar-refractivity contribution < 1.29 is 13.2 Å². The van der Waals surface area contributed by atoms with Crippen molar-refractivity contribution in [3.8, 4) is 0 Å². The minimum atomic E-state index is -4.15. The summed E-state index contributed by atoms with van der Waals surface area (Å²) in [6.45, 7) is 6.85. The first kappa shape index (κ1) is 23.4. The number of nitrogens with one attached hydrogen (secondary N) is 2. The number of halogens is 4. The maximum Gasteiger partial charge on any atom is 0.401 e. The molecule has 1 aliphatic heterocycles. The molecule has 0 amide bonds. The molecule has 2 rings (SSSR count). The number of guanidine groups is 1. The minimum Gasteiger partial charge on any atom is -0.352 e. The molecule has 1 atom stereocenters. The summed E-state index contributed by atoms with van der Waals surface area (Å²) in [5.41, 5.74) is 1.07. The van der Waals surface area contributed by atoms with Crippen molar-refractivity contribution in [2.45, 2.75) is 51.4 Å². The van der Waals surface area contributed by atoms with Crippen LogP contribution in [0.2, 0.25) is 0 Å². The second kappa shape index (κ2) is 9.54. The van der Waals surface area contributed by atoms with Gasteiger partial charge in [0.15, 0.2) is 5.96 Å². The third kappa shape index (κ3) is 7.55. The van der Waals surface area contributed by atoms with Gasteiger partial charge in [0.2, 0.25) is 0 Å². The van der Waals surface area contributed by atoms with Crippen LogP contribution in [0.5, 0.6) is 0 Å². The summed E-state index contributed by atoms with van der Waals surface area (Å²) in [5.74, 6) is 0.589. The highest BCUT2D eigenvalue weighted by atomic mass is 127. The Morgan fingerprint density at radius 1 is 1.38 bits per heavy atom. The van der Waals surface area contributed by atoms with Gasteiger partial charge in [-0.15, -0.1) is 35.3 Å². The smallest absolute Gasteiger partial charge is 0.352 e. The SMILES string of the molecule is CN=C(NCc1nc(C(C)(C)C)cs1)NC1CCN(CC(F)(F)F)C1.I. The molecule has 1 unspecified atom stereocenters. The van der Waals surface area contributed by atoms with E-state index in [0.717, 1.165) is 10.7 Å². The third-order valence-corrected chi connectivity index (χ3v) is 4.82. The highest BCUT2D eigenvalue weighted by Gasteiger charge is 2.34. The van der Waals surface area contributed by atoms with Crippen molar-refractivity contribution in [1.29, 1.82) is 0 Å². The van der Waals surface area contributed by atoms with Crippen LogP contribution in [0.25, 0.3) is 0 Å². The standard InChI is InChI=1S/C16H26F3N5S.HI/c1-15(2,3)12-9-25-13(23-12)7-21-14(20-4)22-11-5-6-24(8-11)10-16(17,18)19;/h9,11H,5-8,10H2,1-4H3,(H2,20,21,22);1H. The van der Waals surface area contributed by atoms with Gasteiger partial charge >= 0.3 is 6.18 Å². The molecule has 1 saturated heterocycles. The average molecular weight is 505 g/mol. The quantitative estimate of drug-likeness (QED) is 0.375. The molecule has 26 heavy (non-hydrogen) atoms. The summed E-state index contributed by atoms with van der Waals surface area (Å²) >= 11 is 1.59. The molecule has 0 bridgehead atoms. The molecule has 1 aromatic rings. The van der Waals surface area contributed by atoms with Crippen LogP contribution in [0, 0.1) is 0 Å². The first-order chi connectivity index (χ1) is 11.6. The Balaban J connectivity index is 0.00000338. The van der Waals surface area contributed by atoms with E-state index in [9.17, 15) is 13.2 Å². The van der Waals surface area contributed by atoms with Crippen LogP contribution in [0.1, 0.15) is 37.9 Å². The van der Waals surface area contributed by atoms with E-state index < -0.39 is 12.7 Å². The first-order valence-electron chi connectivity index (χ1n) is 8.28. The number of hydrogen-bond acceptors (Lipinski definition) is 4. The zero-order valence-electron chi connectivity index (χ0n) is 15.5. The zero-order valence-corrected chi connectivity index (χ0v) is 18.6. The van der Waals surface area contributed by atoms with Crippen LogP contribution in [-0.4, -0.2) is 54.7 Å². The lowest BCUT2D eigenvalue weighted by Crippen LogP contribution is -2.44. The number of rotatable bonds is 4. The van der Waals surface area contributed by atoms with Gasteiger partial charge in [0.25, 0.3) is 0 Å². The van der Waals surface area contributed by atoms with Crippen molar-refractivity contribution in [2.75, 3.05) is 26.7 Å². The molecule has 5 nitrogen and oxygen atoms in total. The summed E-state index contributed by atoms with van der Waals surface area (Å²) < 4.78 is 37.4. The van der Waals surface area contributed by atoms with Crippen LogP contribution >= 0.6 is 35.3 Å². The van der Waals surface area contributed by atoms with E-state index in [-0.39, 0.29) is 35.4 Å². The molecule has 1 aromatic heterocycles. The van der Waals surface area contributed by atoms with Crippen LogP contribution < -0.4 is 10.6 Å². The molecule has 0 radical (unpaired) electrons. The Labute approximate surface area is 173 Å². The lowest BCUT2D eigenvalue weighted by atomic mass is 9.93. The number of alkyl halides is 3. The molecule has 150 valence electrons. The monoisotopic (exact) mass is 505 g/mol. The van der Waals surface area contributed by atoms with E-state index in [1.165, 1.54) is 4.90 Å². The fraction of sp³-hybridized carbons (Fsp3) is 0.750. The lowest BCUT2D eigenvalue weighted by molar-refractivity contribution is -0.143. The van der Waals surface area contributed by atoms with Crippen molar-refractivity contribution in [3.05, 3.63) is 16.1 Å². The van der Waals surface area contributed by atoms with Crippen molar-refractivity contribution >= 4 is 41.3 Å². The largest absolute Gasteiger partial charge is 0.401 e. The van der Waals surface area contributed by atoms with E-state index in [4.69, 9.17) is 0 Å². The average Bonchev–Trinajstić information content (AvgIpc) is 3.10. The molecular formula is C16H27F3IN5S. The predicted molar refractivity (Wildman–Crippen MR) is 110 cm³/mol. The van der Waals surface area contributed by atoms with Gasteiger partial charge in [0.05, 0.1) is 18.8 Å². The van der Waals surface area contributed by atoms with E-state index >= 15 is 0 Å². The van der Waals surface area contributed by atoms with Gasteiger partial charge in [-0.2, -0.15) is 13.2 Å². The summed E-state index contributed by atoms with van der Waals surface area (Å²) in [5, 5.41) is 9.39. The molecule has 0 saturated carbocycles. The summed E-state index contributed by atoms with van der Waals surface area (Å²) in [7, 11) is 1.65. The van der Waals surface area contributed by atoms with Gasteiger partial charge in [0.1, 0.15) is 5.01 Å². The van der Waals surface area contributed by atoms with Crippen LogP contribution in [0.15, 0.2) is 10.4 Å². The number of thiazole rings is 1. The first-order valence-corrected chi connectivity index (χ1v) is 9.16. The van der Waals surface area contributed by atoms with Crippen LogP contribution in [-0.2, 0) is 12.0 Å². The van der Waals surface area contributed by atoms with Gasteiger partial charge in [-0.3, -0.25) is 9.89 Å². The van der Waals surface area contributed by atoms with Gasteiger partial charge in [-0.05, 0) is 6.42 Å². The number of nitrogens with zero attached hydrogens (tertiary/aromatic N) is 3. The lowest BCUT2D eigenvalue weighted by Gasteiger charge is -2.19. The van der Waals surface area contributed by atoms with Gasteiger partial charge < -0.3 is 10.6 Å². The molecule has 2 N–H and O–H groups in total. The number of aromatic nitrogens is 1. The molecule has 0 aliphatic carbocycles. The zero-order chi connectivity index (χ0) is 18.7. The van der Waals surface area contributed by atoms with E-state index in [2.05, 4.69) is 46.8 Å². The summed E-state index contributed by atoms with van der Waals surface area (Å²) in [4.78, 5) is 10.2. The molecular weight excluding hydrogens is 478 g/mol. The highest BCUT2D eigenvalue weighted by Crippen LogP contribution is 2.24. The maximum absolute atomic E-state index is 12.5. The summed E-state index contributed by atoms with van der Waals surface area (Å²) in [6, 6.07) is -0.0324. The predicted octanol–water partition coefficient (Wildman–Crippen LogP) is 3.36. The molecule has 2 heterocycles. The van der Waals surface area contributed by atoms with Crippen molar-refractivity contribution in [1.82, 2.24) is 20.5 Å². The van der Waals surface area contributed by atoms with Crippen LogP contribution in [0.4, 0.5) is 13.2 Å². The number of likely N-dealkylation sites (tertiary alicyclic amines) is 1. The number of hydrogen-bond donors (Lipinski definition) is 2. The number of aliphatic imine (C=N–C) groups is 1. The Hall–Kier alpha value is -0.620. The third-order valence-electron chi connectivity index (χ3n) is 3.97. The Morgan fingerprint density at radius 2 is 2.08 bits per heavy atom. The van der Waals surface area contributed by atoms with Crippen LogP contribution in [0.3, 0.4) is 0 Å². The molecule has 0 spiro atoms. The second-order valence-corrected chi connectivity index (χ2v) is 8.23. The Kier molecular flexibility index (Phi) is 8.59. The van der Waals surface area contributed by atoms with Gasteiger partial charge in [-0.25, -0.2) is 4.98 Å². The minimum absolute atomic E-state index is 0. The highest BCUT2D eigenvalue weighted by molar-refractivity contribution is 14.0. The van der Waals surface area contributed by atoms with Crippen molar-refractivity contribution in [2.24, 2.45) is 4.99 Å². The van der Waals surface area contributed by atoms with E-state index in [0.29, 0.717) is 32.0 Å². The molecule has 0 aromatic carbocycles. The fourth-order valence-electron chi connectivity index (χ4n) is 2.63. The fourth-order valence-corrected chi connectivity index (χ4v) is 3.59. The molecule has 10 heteroatoms. The van der Waals surface area contributed by atoms with Gasteiger partial charge in [0, 0.05) is 37.0 Å². The molecule has 1 aliphatic rings. The Bertz CT molecular complexity index is 597. The topological polar surface area (TPSA) is 52.6 Å². The molecule has 1 fully saturated rings.